The summed E-state index contributed by atoms with van der Waals surface area (Å²) in [7, 11) is 7.99. The van der Waals surface area contributed by atoms with Crippen LogP contribution in [0.4, 0.5) is 0 Å². The molecule has 0 unspecified atom stereocenters. The number of benzene rings is 8. The SMILES string of the molecule is [2H]C([2H])([2H])c1c[n+](C)c(-c2cc(-c3ccccc3)ccc2C)cc1C.[2H]C([2H])([2H])c1ccc(-c2cc(-c3ccccc3)ccc2C)[n+](C)c1.[2H]C1(c2cc[n+](C)c(-c3cc(-c4ccccc4)ccc3C)c2)CCCC1.[2H]C1(c2cc[n+](C)c(-c3cc(-c4ccccc4)ccc3C)c2)CCCCC1. The van der Waals surface area contributed by atoms with Crippen molar-refractivity contribution in [2.75, 3.05) is 0 Å². The molecular weight excluding hydrogens is 1140 g/mol. The highest BCUT2D eigenvalue weighted by Gasteiger charge is 2.24. The summed E-state index contributed by atoms with van der Waals surface area (Å²) in [6.07, 6.45) is 17.5. The van der Waals surface area contributed by atoms with Crippen molar-refractivity contribution in [2.45, 2.75) is 118 Å². The van der Waals surface area contributed by atoms with Crippen LogP contribution in [-0.2, 0) is 28.2 Å². The van der Waals surface area contributed by atoms with Crippen molar-refractivity contribution in [3.05, 3.63) is 311 Å². The fourth-order valence-corrected chi connectivity index (χ4v) is 13.2. The maximum Gasteiger partial charge on any atom is 0.212 e. The van der Waals surface area contributed by atoms with Crippen molar-refractivity contribution < 1.29 is 29.2 Å². The van der Waals surface area contributed by atoms with E-state index in [4.69, 9.17) is 11.0 Å². The van der Waals surface area contributed by atoms with Crippen molar-refractivity contribution in [1.29, 1.82) is 0 Å². The van der Waals surface area contributed by atoms with Gasteiger partial charge in [0.1, 0.15) is 28.2 Å². The summed E-state index contributed by atoms with van der Waals surface area (Å²) in [4.78, 5) is 0. The molecule has 4 aromatic heterocycles. The molecule has 8 aromatic carbocycles. The van der Waals surface area contributed by atoms with E-state index in [0.717, 1.165) is 81.6 Å². The molecule has 0 spiro atoms. The summed E-state index contributed by atoms with van der Waals surface area (Å²) in [5.41, 5.74) is 27.4. The first-order chi connectivity index (χ1) is 48.8. The van der Waals surface area contributed by atoms with Crippen LogP contribution in [0.1, 0.15) is 131 Å². The molecule has 12 aromatic rings. The Morgan fingerprint density at radius 3 is 0.979 bits per heavy atom. The second-order valence-corrected chi connectivity index (χ2v) is 25.7. The van der Waals surface area contributed by atoms with E-state index in [1.54, 1.807) is 18.5 Å². The van der Waals surface area contributed by atoms with Gasteiger partial charge >= 0.3 is 0 Å². The van der Waals surface area contributed by atoms with E-state index in [2.05, 4.69) is 245 Å². The van der Waals surface area contributed by atoms with Crippen molar-refractivity contribution in [3.63, 3.8) is 0 Å². The zero-order valence-corrected chi connectivity index (χ0v) is 56.5. The van der Waals surface area contributed by atoms with Gasteiger partial charge in [-0.15, -0.1) is 0 Å². The molecule has 4 heterocycles. The summed E-state index contributed by atoms with van der Waals surface area (Å²) < 4.78 is 71.8. The van der Waals surface area contributed by atoms with Gasteiger partial charge in [-0.1, -0.05) is 202 Å². The number of nitrogens with zero attached hydrogens (tertiary/aromatic N) is 4. The Bertz CT molecular complexity index is 4880. The van der Waals surface area contributed by atoms with Crippen LogP contribution in [0.3, 0.4) is 0 Å². The van der Waals surface area contributed by atoms with Gasteiger partial charge < -0.3 is 0 Å². The molecule has 2 fully saturated rings. The van der Waals surface area contributed by atoms with E-state index in [-0.39, 0.29) is 0 Å². The Balaban J connectivity index is 0.000000137. The van der Waals surface area contributed by atoms with Crippen LogP contribution in [0.2, 0.25) is 0 Å². The molecule has 0 bridgehead atoms. The topological polar surface area (TPSA) is 15.5 Å². The van der Waals surface area contributed by atoms with E-state index in [1.165, 1.54) is 105 Å². The first-order valence-electron chi connectivity index (χ1n) is 37.4. The minimum Gasteiger partial charge on any atom is -0.201 e. The van der Waals surface area contributed by atoms with Gasteiger partial charge in [0.05, 0.1) is 0 Å². The number of rotatable bonds is 10. The molecule has 2 saturated carbocycles. The van der Waals surface area contributed by atoms with Crippen molar-refractivity contribution in [2.24, 2.45) is 28.2 Å². The van der Waals surface area contributed by atoms with Crippen LogP contribution in [0.5, 0.6) is 0 Å². The fourth-order valence-electron chi connectivity index (χ4n) is 13.2. The van der Waals surface area contributed by atoms with Crippen LogP contribution < -0.4 is 18.3 Å². The monoisotopic (exact) mass is 1240 g/mol. The summed E-state index contributed by atoms with van der Waals surface area (Å²) in [6.45, 7) is 6.18. The summed E-state index contributed by atoms with van der Waals surface area (Å²) in [5, 5.41) is 0. The van der Waals surface area contributed by atoms with Gasteiger partial charge in [-0.3, -0.25) is 0 Å². The Hall–Kier alpha value is -9.64. The number of hydrogen-bond acceptors (Lipinski definition) is 0. The molecule has 0 saturated heterocycles. The van der Waals surface area contributed by atoms with E-state index in [0.29, 0.717) is 11.1 Å². The standard InChI is InChI=1S/C25H28N.C24H26N.C21H22N.C20H20N/c1-19-13-14-22(20-9-5-3-6-10-20)17-24(19)25-18-23(15-16-26(25)2)21-11-7-4-8-12-21;1-18-12-13-21(19-8-4-3-5-9-19)16-23(18)24-17-22(14-15-25(24)2)20-10-6-7-11-20;1-15-10-11-19(18-8-6-5-7-9-18)13-20(15)21-12-16(2)17(3)14-22(21)4;1-15-9-12-20(21(3)14-15)19-13-18(11-10-16(19)2)17-7-5-4-6-8-17/h3,5-6,9-10,13-18,21H,4,7-8,11-12H2,1-2H3;3-5,8-9,12-17,20H,6-7,10-11H2,1-2H3;5-14H,1-4H3;4-14H,1-3H3/q4*+1/i21D;20D;3D3;1D3. The van der Waals surface area contributed by atoms with Gasteiger partial charge in [-0.2, -0.15) is 0 Å². The summed E-state index contributed by atoms with van der Waals surface area (Å²) in [5.74, 6) is -0.833. The Kier molecular flexibility index (Phi) is 18.4. The summed E-state index contributed by atoms with van der Waals surface area (Å²) >= 11 is 0. The van der Waals surface area contributed by atoms with Gasteiger partial charge in [0.15, 0.2) is 24.8 Å². The minimum atomic E-state index is -2.10. The Morgan fingerprint density at radius 1 is 0.287 bits per heavy atom. The molecule has 2 aliphatic rings. The molecule has 0 aliphatic heterocycles. The summed E-state index contributed by atoms with van der Waals surface area (Å²) in [6, 6.07) is 82.1. The number of aryl methyl sites for hydroxylation is 11. The van der Waals surface area contributed by atoms with E-state index in [9.17, 15) is 0 Å². The third kappa shape index (κ3) is 16.0. The normalized spacial score (nSPS) is 15.2. The number of pyridine rings is 4. The fraction of sp³-hybridized carbons (Fsp3) is 0.244. The number of hydrogen-bond donors (Lipinski definition) is 0. The highest BCUT2D eigenvalue weighted by molar-refractivity contribution is 5.76. The molecule has 0 N–H and O–H groups in total. The van der Waals surface area contributed by atoms with Crippen LogP contribution in [0.25, 0.3) is 89.5 Å². The molecule has 94 heavy (non-hydrogen) atoms. The zero-order chi connectivity index (χ0) is 72.5. The average Bonchev–Trinajstić information content (AvgIpc) is 1.32. The first-order valence-corrected chi connectivity index (χ1v) is 33.4. The van der Waals surface area contributed by atoms with Crippen molar-refractivity contribution in [3.8, 4) is 89.5 Å². The molecule has 0 radical (unpaired) electrons. The van der Waals surface area contributed by atoms with Crippen molar-refractivity contribution in [1.82, 2.24) is 0 Å². The van der Waals surface area contributed by atoms with Gasteiger partial charge in [0.2, 0.25) is 22.8 Å². The molecule has 2 aliphatic carbocycles. The van der Waals surface area contributed by atoms with Gasteiger partial charge in [0, 0.05) is 80.7 Å². The van der Waals surface area contributed by atoms with E-state index < -0.39 is 25.5 Å². The molecule has 4 heteroatoms. The van der Waals surface area contributed by atoms with Gasteiger partial charge in [-0.25, -0.2) is 18.3 Å². The molecule has 472 valence electrons. The average molecular weight is 1240 g/mol. The first kappa shape index (κ1) is 55.9. The smallest absolute Gasteiger partial charge is 0.201 e. The molecule has 0 amide bonds. The molecule has 0 atom stereocenters. The molecule has 14 rings (SSSR count). The van der Waals surface area contributed by atoms with Crippen molar-refractivity contribution >= 4 is 0 Å². The highest BCUT2D eigenvalue weighted by Crippen LogP contribution is 2.38. The third-order valence-electron chi connectivity index (χ3n) is 18.9. The van der Waals surface area contributed by atoms with Gasteiger partial charge in [0.25, 0.3) is 0 Å². The lowest BCUT2D eigenvalue weighted by Gasteiger charge is -2.22. The van der Waals surface area contributed by atoms with Crippen LogP contribution in [0, 0.1) is 48.3 Å². The predicted molar refractivity (Wildman–Crippen MR) is 394 cm³/mol. The Morgan fingerprint density at radius 2 is 0.628 bits per heavy atom. The maximum atomic E-state index is 9.01. The number of aromatic nitrogens is 4. The lowest BCUT2D eigenvalue weighted by molar-refractivity contribution is -0.660. The maximum absolute atomic E-state index is 9.01. The largest absolute Gasteiger partial charge is 0.212 e. The Labute approximate surface area is 573 Å². The second-order valence-electron chi connectivity index (χ2n) is 25.7. The lowest BCUT2D eigenvalue weighted by Crippen LogP contribution is -2.31. The lowest BCUT2D eigenvalue weighted by atomic mass is 9.84. The molecule has 4 nitrogen and oxygen atoms in total. The predicted octanol–water partition coefficient (Wildman–Crippen LogP) is 21.2. The molecular formula is C90H96N4+4. The van der Waals surface area contributed by atoms with Gasteiger partial charge in [-0.05, 0) is 200 Å². The van der Waals surface area contributed by atoms with Crippen LogP contribution in [-0.4, -0.2) is 0 Å². The minimum absolute atomic E-state index is 0.352. The third-order valence-corrected chi connectivity index (χ3v) is 18.9. The van der Waals surface area contributed by atoms with Crippen LogP contribution >= 0.6 is 0 Å². The van der Waals surface area contributed by atoms with E-state index in [1.807, 2.05) is 78.7 Å². The highest BCUT2D eigenvalue weighted by atomic mass is 14.9. The van der Waals surface area contributed by atoms with Crippen LogP contribution in [0.15, 0.2) is 261 Å². The quantitative estimate of drug-likeness (QED) is 0.121. The zero-order valence-electron chi connectivity index (χ0n) is 64.5. The van der Waals surface area contributed by atoms with E-state index >= 15 is 0 Å². The second kappa shape index (κ2) is 30.9.